The van der Waals surface area contributed by atoms with E-state index in [4.69, 9.17) is 5.11 Å². The Morgan fingerprint density at radius 1 is 1.03 bits per heavy atom. The number of aliphatic hydroxyl groups excluding tert-OH is 2. The fourth-order valence-electron chi connectivity index (χ4n) is 5.13. The van der Waals surface area contributed by atoms with Crippen LogP contribution in [0.4, 0.5) is 10.1 Å². The molecule has 202 valence electrons. The maximum Gasteiger partial charge on any atom is 0.305 e. The molecule has 0 unspecified atom stereocenters. The van der Waals surface area contributed by atoms with E-state index in [1.54, 1.807) is 12.1 Å². The summed E-state index contributed by atoms with van der Waals surface area (Å²) < 4.78 is 15.9. The predicted molar refractivity (Wildman–Crippen MR) is 144 cm³/mol. The second kappa shape index (κ2) is 11.9. The average molecular weight is 523 g/mol. The van der Waals surface area contributed by atoms with Crippen LogP contribution in [-0.2, 0) is 11.3 Å². The molecule has 2 aromatic carbocycles. The number of hydrogen-bond acceptors (Lipinski definition) is 4. The van der Waals surface area contributed by atoms with E-state index in [-0.39, 0.29) is 36.4 Å². The summed E-state index contributed by atoms with van der Waals surface area (Å²) in [6.07, 6.45) is -0.428. The zero-order chi connectivity index (χ0) is 27.4. The molecule has 1 fully saturated rings. The van der Waals surface area contributed by atoms with Gasteiger partial charge in [-0.3, -0.25) is 9.59 Å². The Morgan fingerprint density at radius 2 is 1.68 bits per heavy atom. The van der Waals surface area contributed by atoms with E-state index in [0.717, 1.165) is 35.4 Å². The average Bonchev–Trinajstić information content (AvgIpc) is 3.63. The maximum absolute atomic E-state index is 13.9. The van der Waals surface area contributed by atoms with Gasteiger partial charge in [-0.2, -0.15) is 0 Å². The third-order valence-corrected chi connectivity index (χ3v) is 6.89. The number of para-hydroxylation sites is 1. The maximum atomic E-state index is 13.9. The van der Waals surface area contributed by atoms with Gasteiger partial charge in [0.25, 0.3) is 5.91 Å². The van der Waals surface area contributed by atoms with Gasteiger partial charge in [0.05, 0.1) is 29.9 Å². The van der Waals surface area contributed by atoms with Crippen molar-refractivity contribution in [3.8, 4) is 11.3 Å². The van der Waals surface area contributed by atoms with Crippen molar-refractivity contribution >= 4 is 17.6 Å². The first-order valence-electron chi connectivity index (χ1n) is 13.1. The third-order valence-electron chi connectivity index (χ3n) is 6.89. The number of rotatable bonds is 12. The minimum Gasteiger partial charge on any atom is -0.481 e. The number of nitrogens with zero attached hydrogens (tertiary/aromatic N) is 1. The van der Waals surface area contributed by atoms with E-state index in [0.29, 0.717) is 17.8 Å². The van der Waals surface area contributed by atoms with Gasteiger partial charge in [-0.1, -0.05) is 32.0 Å². The number of amides is 1. The Labute approximate surface area is 221 Å². The van der Waals surface area contributed by atoms with Crippen LogP contribution in [0, 0.1) is 5.82 Å². The number of aliphatic hydroxyl groups is 2. The van der Waals surface area contributed by atoms with Crippen molar-refractivity contribution in [2.45, 2.75) is 76.5 Å². The molecule has 1 amide bonds. The monoisotopic (exact) mass is 522 g/mol. The highest BCUT2D eigenvalue weighted by molar-refractivity contribution is 6.08. The van der Waals surface area contributed by atoms with E-state index < -0.39 is 24.6 Å². The summed E-state index contributed by atoms with van der Waals surface area (Å²) in [6.45, 7) is 4.38. The molecule has 1 heterocycles. The molecular weight excluding hydrogens is 487 g/mol. The Hall–Kier alpha value is -3.49. The molecule has 4 rings (SSSR count). The standard InChI is InChI=1S/C30H35FN2O5/c1-18(2)28-27(30(38)32-22-6-4-3-5-7-22)26(19-8-9-19)29(20-10-12-21(31)13-11-20)33(28)15-14-23(34)16-24(35)17-25(36)37/h3-7,10-13,18-19,23-24,34-35H,8-9,14-17H2,1-2H3,(H,32,38)(H,36,37)/t23-,24-/m1/s1. The number of halogens is 1. The van der Waals surface area contributed by atoms with Crippen LogP contribution in [0.2, 0.25) is 0 Å². The van der Waals surface area contributed by atoms with Gasteiger partial charge >= 0.3 is 5.97 Å². The summed E-state index contributed by atoms with van der Waals surface area (Å²) in [5, 5.41) is 32.6. The minimum absolute atomic E-state index is 0.0343. The largest absolute Gasteiger partial charge is 0.481 e. The minimum atomic E-state index is -1.15. The summed E-state index contributed by atoms with van der Waals surface area (Å²) >= 11 is 0. The third kappa shape index (κ3) is 6.49. The lowest BCUT2D eigenvalue weighted by molar-refractivity contribution is -0.139. The molecule has 1 aliphatic carbocycles. The number of aliphatic carboxylic acids is 1. The number of carboxylic acids is 1. The van der Waals surface area contributed by atoms with Gasteiger partial charge < -0.3 is 25.2 Å². The molecule has 0 bridgehead atoms. The van der Waals surface area contributed by atoms with Gasteiger partial charge in [0.15, 0.2) is 0 Å². The van der Waals surface area contributed by atoms with Gasteiger partial charge in [-0.15, -0.1) is 0 Å². The number of anilines is 1. The summed E-state index contributed by atoms with van der Waals surface area (Å²) in [7, 11) is 0. The first kappa shape index (κ1) is 27.5. The van der Waals surface area contributed by atoms with Gasteiger partial charge in [-0.25, -0.2) is 4.39 Å². The van der Waals surface area contributed by atoms with Crippen LogP contribution in [0.15, 0.2) is 54.6 Å². The molecule has 7 nitrogen and oxygen atoms in total. The highest BCUT2D eigenvalue weighted by Gasteiger charge is 2.37. The molecule has 2 atom stereocenters. The molecule has 4 N–H and O–H groups in total. The van der Waals surface area contributed by atoms with Crippen molar-refractivity contribution in [1.82, 2.24) is 4.57 Å². The zero-order valence-electron chi connectivity index (χ0n) is 21.7. The van der Waals surface area contributed by atoms with Gasteiger partial charge in [0.2, 0.25) is 0 Å². The molecule has 38 heavy (non-hydrogen) atoms. The van der Waals surface area contributed by atoms with Crippen molar-refractivity contribution in [2.75, 3.05) is 5.32 Å². The zero-order valence-corrected chi connectivity index (χ0v) is 21.7. The number of benzene rings is 2. The van der Waals surface area contributed by atoms with Crippen LogP contribution in [0.25, 0.3) is 11.3 Å². The van der Waals surface area contributed by atoms with Crippen molar-refractivity contribution < 1.29 is 29.3 Å². The molecular formula is C30H35FN2O5. The number of carbonyl (C=O) groups excluding carboxylic acids is 1. The number of carbonyl (C=O) groups is 2. The van der Waals surface area contributed by atoms with Crippen LogP contribution < -0.4 is 5.32 Å². The lowest BCUT2D eigenvalue weighted by Gasteiger charge is -2.20. The quantitative estimate of drug-likeness (QED) is 0.250. The summed E-state index contributed by atoms with van der Waals surface area (Å²) in [6, 6.07) is 15.5. The highest BCUT2D eigenvalue weighted by Crippen LogP contribution is 2.49. The summed E-state index contributed by atoms with van der Waals surface area (Å²) in [4.78, 5) is 24.7. The Morgan fingerprint density at radius 3 is 2.26 bits per heavy atom. The van der Waals surface area contributed by atoms with E-state index in [2.05, 4.69) is 9.88 Å². The van der Waals surface area contributed by atoms with Gasteiger partial charge in [0.1, 0.15) is 5.82 Å². The van der Waals surface area contributed by atoms with E-state index in [1.165, 1.54) is 12.1 Å². The SMILES string of the molecule is CC(C)c1c(C(=O)Nc2ccccc2)c(C2CC2)c(-c2ccc(F)cc2)n1CC[C@@H](O)C[C@@H](O)CC(=O)O. The van der Waals surface area contributed by atoms with E-state index in [9.17, 15) is 24.2 Å². The molecule has 3 aromatic rings. The summed E-state index contributed by atoms with van der Waals surface area (Å²) in [5.74, 6) is -1.52. The van der Waals surface area contributed by atoms with E-state index in [1.807, 2.05) is 44.2 Å². The molecule has 0 radical (unpaired) electrons. The second-order valence-electron chi connectivity index (χ2n) is 10.4. The number of nitrogens with one attached hydrogen (secondary N) is 1. The molecule has 8 heteroatoms. The Kier molecular flexibility index (Phi) is 8.64. The first-order chi connectivity index (χ1) is 18.2. The van der Waals surface area contributed by atoms with Crippen LogP contribution in [-0.4, -0.2) is 44.0 Å². The second-order valence-corrected chi connectivity index (χ2v) is 10.4. The van der Waals surface area contributed by atoms with E-state index >= 15 is 0 Å². The highest BCUT2D eigenvalue weighted by atomic mass is 19.1. The Balaban J connectivity index is 1.78. The lowest BCUT2D eigenvalue weighted by Crippen LogP contribution is -2.22. The number of hydrogen-bond donors (Lipinski definition) is 4. The Bertz CT molecular complexity index is 1270. The van der Waals surface area contributed by atoms with Crippen molar-refractivity contribution in [3.63, 3.8) is 0 Å². The number of aromatic nitrogens is 1. The van der Waals surface area contributed by atoms with Crippen molar-refractivity contribution in [2.24, 2.45) is 0 Å². The first-order valence-corrected chi connectivity index (χ1v) is 13.1. The molecule has 0 aliphatic heterocycles. The smallest absolute Gasteiger partial charge is 0.305 e. The molecule has 1 aromatic heterocycles. The normalized spacial score (nSPS) is 14.9. The van der Waals surface area contributed by atoms with Crippen molar-refractivity contribution in [1.29, 1.82) is 0 Å². The molecule has 1 saturated carbocycles. The fraction of sp³-hybridized carbons (Fsp3) is 0.400. The lowest BCUT2D eigenvalue weighted by atomic mass is 9.96. The fourth-order valence-corrected chi connectivity index (χ4v) is 5.13. The molecule has 0 spiro atoms. The van der Waals surface area contributed by atoms with Crippen LogP contribution >= 0.6 is 0 Å². The van der Waals surface area contributed by atoms with Gasteiger partial charge in [-0.05, 0) is 85.0 Å². The van der Waals surface area contributed by atoms with Gasteiger partial charge in [0, 0.05) is 17.9 Å². The topological polar surface area (TPSA) is 112 Å². The van der Waals surface area contributed by atoms with Crippen LogP contribution in [0.1, 0.15) is 79.4 Å². The molecule has 1 aliphatic rings. The van der Waals surface area contributed by atoms with Crippen LogP contribution in [0.5, 0.6) is 0 Å². The van der Waals surface area contributed by atoms with Crippen LogP contribution in [0.3, 0.4) is 0 Å². The number of carboxylic acid groups (broad SMARTS) is 1. The van der Waals surface area contributed by atoms with Crippen molar-refractivity contribution in [3.05, 3.63) is 77.2 Å². The summed E-state index contributed by atoms with van der Waals surface area (Å²) in [5.41, 5.74) is 4.70. The molecule has 0 saturated heterocycles. The predicted octanol–water partition coefficient (Wildman–Crippen LogP) is 5.52.